The van der Waals surface area contributed by atoms with Gasteiger partial charge in [0.1, 0.15) is 5.71 Å². The summed E-state index contributed by atoms with van der Waals surface area (Å²) in [6.07, 6.45) is 2.94. The van der Waals surface area contributed by atoms with Gasteiger partial charge in [-0.05, 0) is 35.8 Å². The van der Waals surface area contributed by atoms with Crippen LogP contribution in [0.2, 0.25) is 0 Å². The van der Waals surface area contributed by atoms with Crippen molar-refractivity contribution >= 4 is 35.2 Å². The van der Waals surface area contributed by atoms with Gasteiger partial charge in [-0.25, -0.2) is 4.79 Å². The lowest BCUT2D eigenvalue weighted by Gasteiger charge is -2.12. The molecule has 0 fully saturated rings. The largest absolute Gasteiger partial charge is 0.398 e. The summed E-state index contributed by atoms with van der Waals surface area (Å²) in [6, 6.07) is 2.77. The Morgan fingerprint density at radius 3 is 2.64 bits per heavy atom. The van der Waals surface area contributed by atoms with Gasteiger partial charge in [0.15, 0.2) is 5.78 Å². The molecule has 6 heteroatoms. The van der Waals surface area contributed by atoms with Gasteiger partial charge in [-0.15, -0.1) is 0 Å². The van der Waals surface area contributed by atoms with Crippen LogP contribution in [0, 0.1) is 13.8 Å². The van der Waals surface area contributed by atoms with Crippen molar-refractivity contribution in [1.29, 1.82) is 0 Å². The molecule has 0 unspecified atom stereocenters. The average molecular weight is 297 g/mol. The first-order valence-electron chi connectivity index (χ1n) is 6.48. The summed E-state index contributed by atoms with van der Waals surface area (Å²) >= 11 is 0. The maximum Gasteiger partial charge on any atom is 0.350 e. The predicted octanol–water partition coefficient (Wildman–Crippen LogP) is 1.44. The van der Waals surface area contributed by atoms with E-state index in [4.69, 9.17) is 5.73 Å². The Morgan fingerprint density at radius 1 is 1.41 bits per heavy atom. The summed E-state index contributed by atoms with van der Waals surface area (Å²) in [6.45, 7) is 7.15. The number of nitrogens with zero attached hydrogens (tertiary/aromatic N) is 2. The number of allylic oxidation sites excluding steroid dienone is 1. The lowest BCUT2D eigenvalue weighted by molar-refractivity contribution is -0.119. The molecule has 112 valence electrons. The van der Waals surface area contributed by atoms with Crippen molar-refractivity contribution in [2.24, 2.45) is 4.99 Å². The number of carbonyl (C=O) groups excluding carboxylic acids is 3. The van der Waals surface area contributed by atoms with Crippen molar-refractivity contribution < 1.29 is 14.4 Å². The van der Waals surface area contributed by atoms with Gasteiger partial charge < -0.3 is 5.73 Å². The van der Waals surface area contributed by atoms with Crippen LogP contribution in [0.1, 0.15) is 16.7 Å². The third-order valence-electron chi connectivity index (χ3n) is 3.33. The highest BCUT2D eigenvalue weighted by molar-refractivity contribution is 6.46. The molecule has 1 aromatic rings. The molecule has 1 heterocycles. The minimum absolute atomic E-state index is 0.0924. The number of hydrogen-bond donors (Lipinski definition) is 1. The molecule has 6 nitrogen and oxygen atoms in total. The quantitative estimate of drug-likeness (QED) is 0.672. The number of imide groups is 1. The molecular weight excluding hydrogens is 282 g/mol. The summed E-state index contributed by atoms with van der Waals surface area (Å²) in [4.78, 5) is 39.1. The fraction of sp³-hybridized carbons (Fsp3) is 0.125. The number of urea groups is 1. The van der Waals surface area contributed by atoms with Crippen LogP contribution in [0.15, 0.2) is 23.2 Å². The Kier molecular flexibility index (Phi) is 4.21. The first kappa shape index (κ1) is 15.6. The lowest BCUT2D eigenvalue weighted by Crippen LogP contribution is -2.29. The Balaban J connectivity index is 2.45. The molecule has 0 aliphatic carbocycles. The van der Waals surface area contributed by atoms with E-state index in [1.165, 1.54) is 13.1 Å². The van der Waals surface area contributed by atoms with Crippen LogP contribution in [-0.4, -0.2) is 35.4 Å². The van der Waals surface area contributed by atoms with Crippen LogP contribution in [0.4, 0.5) is 10.5 Å². The van der Waals surface area contributed by atoms with Gasteiger partial charge in [-0.3, -0.25) is 14.5 Å². The van der Waals surface area contributed by atoms with E-state index < -0.39 is 11.9 Å². The highest BCUT2D eigenvalue weighted by Crippen LogP contribution is 2.24. The van der Waals surface area contributed by atoms with Gasteiger partial charge in [0.25, 0.3) is 5.91 Å². The van der Waals surface area contributed by atoms with Crippen LogP contribution >= 0.6 is 0 Å². The summed E-state index contributed by atoms with van der Waals surface area (Å²) in [5, 5.41) is 0. The van der Waals surface area contributed by atoms with Crippen LogP contribution in [0.25, 0.3) is 6.08 Å². The number of amides is 3. The Morgan fingerprint density at radius 2 is 2.09 bits per heavy atom. The summed E-state index contributed by atoms with van der Waals surface area (Å²) in [7, 11) is 1.37. The summed E-state index contributed by atoms with van der Waals surface area (Å²) in [5.41, 5.74) is 8.37. The Labute approximate surface area is 128 Å². The van der Waals surface area contributed by atoms with Crippen LogP contribution < -0.4 is 5.73 Å². The second-order valence-electron chi connectivity index (χ2n) is 4.89. The third kappa shape index (κ3) is 2.95. The van der Waals surface area contributed by atoms with Gasteiger partial charge in [0.2, 0.25) is 0 Å². The number of nitrogens with two attached hydrogens (primary N) is 1. The zero-order valence-corrected chi connectivity index (χ0v) is 12.1. The van der Waals surface area contributed by atoms with Crippen LogP contribution in [0.5, 0.6) is 0 Å². The summed E-state index contributed by atoms with van der Waals surface area (Å²) < 4.78 is 0. The minimum Gasteiger partial charge on any atom is -0.398 e. The molecule has 0 aromatic heterocycles. The fourth-order valence-corrected chi connectivity index (χ4v) is 2.11. The summed E-state index contributed by atoms with van der Waals surface area (Å²) in [5.74, 6) is -0.820. The molecule has 2 rings (SSSR count). The van der Waals surface area contributed by atoms with Crippen molar-refractivity contribution in [2.75, 3.05) is 12.8 Å². The molecule has 3 amide bonds. The van der Waals surface area contributed by atoms with Crippen LogP contribution in [0.3, 0.4) is 0 Å². The van der Waals surface area contributed by atoms with Crippen LogP contribution in [-0.2, 0) is 16.0 Å². The normalized spacial score (nSPS) is 14.9. The Hall–Kier alpha value is -2.76. The second-order valence-corrected chi connectivity index (χ2v) is 4.89. The predicted molar refractivity (Wildman–Crippen MR) is 84.0 cm³/mol. The molecule has 22 heavy (non-hydrogen) atoms. The van der Waals surface area contributed by atoms with Gasteiger partial charge in [-0.1, -0.05) is 12.1 Å². The van der Waals surface area contributed by atoms with E-state index in [1.807, 2.05) is 0 Å². The third-order valence-corrected chi connectivity index (χ3v) is 3.33. The monoisotopic (exact) mass is 297 g/mol. The van der Waals surface area contributed by atoms with Gasteiger partial charge >= 0.3 is 6.03 Å². The molecule has 0 atom stereocenters. The number of rotatable bonds is 4. The first-order valence-corrected chi connectivity index (χ1v) is 6.48. The number of carbonyl (C=O) groups is 3. The SMILES string of the molecule is [CH2]C(=O)/C=C\c1c([CH2])ccc(N)c1CC1=NC(=O)N(C)C1=O. The second kappa shape index (κ2) is 5.93. The van der Waals surface area contributed by atoms with E-state index in [2.05, 4.69) is 18.8 Å². The zero-order chi connectivity index (χ0) is 16.4. The van der Waals surface area contributed by atoms with Crippen molar-refractivity contribution in [3.8, 4) is 0 Å². The molecule has 2 radical (unpaired) electrons. The smallest absolute Gasteiger partial charge is 0.350 e. The minimum atomic E-state index is -0.602. The zero-order valence-electron chi connectivity index (χ0n) is 12.1. The van der Waals surface area contributed by atoms with Crippen molar-refractivity contribution in [3.05, 3.63) is 48.7 Å². The maximum atomic E-state index is 11.9. The van der Waals surface area contributed by atoms with E-state index in [9.17, 15) is 14.4 Å². The van der Waals surface area contributed by atoms with Crippen molar-refractivity contribution in [1.82, 2.24) is 4.90 Å². The number of nitrogen functional groups attached to an aromatic ring is 1. The number of benzene rings is 1. The van der Waals surface area contributed by atoms with Gasteiger partial charge in [-0.2, -0.15) is 4.99 Å². The number of anilines is 1. The van der Waals surface area contributed by atoms with E-state index in [0.29, 0.717) is 22.4 Å². The Bertz CT molecular complexity index is 732. The standard InChI is InChI=1S/C16H15N3O3/c1-9-4-7-13(17)12(11(9)6-5-10(2)20)8-14-15(21)19(3)16(22)18-14/h4-7H,1-2,8,17H2,3H3/b6-5-. The van der Waals surface area contributed by atoms with Gasteiger partial charge in [0, 0.05) is 26.1 Å². The van der Waals surface area contributed by atoms with E-state index >= 15 is 0 Å². The molecule has 2 N–H and O–H groups in total. The molecule has 0 bridgehead atoms. The highest BCUT2D eigenvalue weighted by Gasteiger charge is 2.30. The number of aliphatic imine (C=N–C) groups is 1. The molecule has 0 saturated carbocycles. The fourth-order valence-electron chi connectivity index (χ4n) is 2.11. The molecule has 1 aromatic carbocycles. The molecule has 1 aliphatic heterocycles. The maximum absolute atomic E-state index is 11.9. The molecule has 0 spiro atoms. The molecule has 0 saturated heterocycles. The van der Waals surface area contributed by atoms with Gasteiger partial charge in [0.05, 0.1) is 0 Å². The molecule has 1 aliphatic rings. The average Bonchev–Trinajstić information content (AvgIpc) is 2.69. The highest BCUT2D eigenvalue weighted by atomic mass is 16.2. The van der Waals surface area contributed by atoms with Crippen molar-refractivity contribution in [2.45, 2.75) is 6.42 Å². The van der Waals surface area contributed by atoms with E-state index in [0.717, 1.165) is 4.90 Å². The topological polar surface area (TPSA) is 92.8 Å². The van der Waals surface area contributed by atoms with Crippen molar-refractivity contribution in [3.63, 3.8) is 0 Å². The van der Waals surface area contributed by atoms with E-state index in [-0.39, 0.29) is 17.9 Å². The number of hydrogen-bond acceptors (Lipinski definition) is 4. The first-order chi connectivity index (χ1) is 10.3. The number of ketones is 1. The molecular formula is C16H15N3O3. The lowest BCUT2D eigenvalue weighted by atomic mass is 9.95. The van der Waals surface area contributed by atoms with E-state index in [1.54, 1.807) is 18.2 Å².